The molecule has 0 aliphatic rings. The molecule has 61 valence electrons. The molecule has 0 saturated carbocycles. The zero-order valence-corrected chi connectivity index (χ0v) is 8.74. The molecule has 0 heterocycles. The van der Waals surface area contributed by atoms with Crippen molar-refractivity contribution in [1.82, 2.24) is 0 Å². The van der Waals surface area contributed by atoms with Gasteiger partial charge in [0.1, 0.15) is 0 Å². The van der Waals surface area contributed by atoms with Gasteiger partial charge in [-0.25, -0.2) is 0 Å². The van der Waals surface area contributed by atoms with Crippen molar-refractivity contribution in [1.29, 1.82) is 0 Å². The molecule has 0 amide bonds. The molecule has 0 N–H and O–H groups in total. The molecular weight excluding hydrogens is 136 g/mol. The Morgan fingerprint density at radius 1 is 1.10 bits per heavy atom. The van der Waals surface area contributed by atoms with Gasteiger partial charge in [0.15, 0.2) is 0 Å². The second-order valence-corrected chi connectivity index (χ2v) is 8.80. The third-order valence-electron chi connectivity index (χ3n) is 1.71. The largest absolute Gasteiger partial charge is 0.0694 e. The van der Waals surface area contributed by atoms with Gasteiger partial charge in [-0.15, -0.1) is 0 Å². The van der Waals surface area contributed by atoms with E-state index in [9.17, 15) is 0 Å². The minimum atomic E-state index is -0.957. The van der Waals surface area contributed by atoms with Gasteiger partial charge < -0.3 is 0 Å². The highest BCUT2D eigenvalue weighted by molar-refractivity contribution is 6.79. The maximum Gasteiger partial charge on any atom is 0.0470 e. The van der Waals surface area contributed by atoms with Gasteiger partial charge in [0.25, 0.3) is 0 Å². The predicted molar refractivity (Wildman–Crippen MR) is 51.8 cm³/mol. The summed E-state index contributed by atoms with van der Waals surface area (Å²) >= 11 is 0. The van der Waals surface area contributed by atoms with Crippen LogP contribution < -0.4 is 0 Å². The minimum absolute atomic E-state index is 0.957. The van der Waals surface area contributed by atoms with Crippen molar-refractivity contribution in [2.24, 2.45) is 0 Å². The summed E-state index contributed by atoms with van der Waals surface area (Å²) < 4.78 is 0. The average Bonchev–Trinajstić information content (AvgIpc) is 1.78. The van der Waals surface area contributed by atoms with Crippen LogP contribution in [-0.2, 0) is 0 Å². The van der Waals surface area contributed by atoms with Crippen molar-refractivity contribution in [2.45, 2.75) is 51.7 Å². The quantitative estimate of drug-likeness (QED) is 0.422. The molecule has 0 unspecified atom stereocenters. The van der Waals surface area contributed by atoms with Crippen LogP contribution in [0.5, 0.6) is 0 Å². The molecule has 0 fully saturated rings. The normalized spacial score (nSPS) is 12.0. The van der Waals surface area contributed by atoms with Gasteiger partial charge in [0.2, 0.25) is 0 Å². The number of hydrogen-bond donors (Lipinski definition) is 0. The molecule has 0 atom stereocenters. The van der Waals surface area contributed by atoms with Crippen molar-refractivity contribution < 1.29 is 0 Å². The van der Waals surface area contributed by atoms with Crippen LogP contribution in [0.4, 0.5) is 0 Å². The highest BCUT2D eigenvalue weighted by atomic mass is 28.3. The zero-order valence-electron chi connectivity index (χ0n) is 7.74. The fourth-order valence-corrected chi connectivity index (χ4v) is 2.24. The van der Waals surface area contributed by atoms with E-state index >= 15 is 0 Å². The monoisotopic (exact) mass is 157 g/mol. The summed E-state index contributed by atoms with van der Waals surface area (Å²) in [6, 6.07) is 1.41. The first-order valence-corrected chi connectivity index (χ1v) is 7.83. The van der Waals surface area contributed by atoms with Gasteiger partial charge in [-0.3, -0.25) is 0 Å². The van der Waals surface area contributed by atoms with Crippen molar-refractivity contribution in [3.05, 3.63) is 6.55 Å². The maximum absolute atomic E-state index is 4.21. The Labute approximate surface area is 67.0 Å². The van der Waals surface area contributed by atoms with Gasteiger partial charge in [0, 0.05) is 8.07 Å². The summed E-state index contributed by atoms with van der Waals surface area (Å²) in [5, 5.41) is 0. The van der Waals surface area contributed by atoms with E-state index in [4.69, 9.17) is 0 Å². The Morgan fingerprint density at radius 3 is 2.10 bits per heavy atom. The second kappa shape index (κ2) is 4.95. The van der Waals surface area contributed by atoms with E-state index in [2.05, 4.69) is 26.6 Å². The third kappa shape index (κ3) is 8.22. The molecule has 0 aliphatic heterocycles. The molecule has 10 heavy (non-hydrogen) atoms. The van der Waals surface area contributed by atoms with E-state index in [1.807, 2.05) is 0 Å². The van der Waals surface area contributed by atoms with Gasteiger partial charge >= 0.3 is 0 Å². The standard InChI is InChI=1S/C9H21Si/c1-5-6-7-8-9-10(2,3)4/h2,5-9H2,1,3-4H3. The Bertz CT molecular complexity index is 71.3. The van der Waals surface area contributed by atoms with Crippen molar-refractivity contribution >= 4 is 8.07 Å². The SMILES string of the molecule is [CH2][Si](C)(C)CCCCCC. The topological polar surface area (TPSA) is 0 Å². The highest BCUT2D eigenvalue weighted by Gasteiger charge is 2.11. The van der Waals surface area contributed by atoms with Gasteiger partial charge in [-0.1, -0.05) is 58.3 Å². The van der Waals surface area contributed by atoms with Crippen LogP contribution in [-0.4, -0.2) is 8.07 Å². The Hall–Kier alpha value is 0.217. The first-order valence-electron chi connectivity index (χ1n) is 4.41. The second-order valence-electron chi connectivity index (χ2n) is 3.97. The van der Waals surface area contributed by atoms with Crippen LogP contribution in [0.15, 0.2) is 0 Å². The van der Waals surface area contributed by atoms with Crippen LogP contribution >= 0.6 is 0 Å². The van der Waals surface area contributed by atoms with E-state index in [1.54, 1.807) is 0 Å². The first-order chi connectivity index (χ1) is 4.56. The molecule has 1 radical (unpaired) electrons. The summed E-state index contributed by atoms with van der Waals surface area (Å²) in [4.78, 5) is 0. The third-order valence-corrected chi connectivity index (χ3v) is 3.41. The fourth-order valence-electron chi connectivity index (χ4n) is 1.03. The number of hydrogen-bond acceptors (Lipinski definition) is 0. The molecule has 0 saturated heterocycles. The van der Waals surface area contributed by atoms with Crippen molar-refractivity contribution in [2.75, 3.05) is 0 Å². The van der Waals surface area contributed by atoms with Crippen LogP contribution in [0, 0.1) is 6.55 Å². The lowest BCUT2D eigenvalue weighted by Crippen LogP contribution is -2.19. The van der Waals surface area contributed by atoms with Crippen molar-refractivity contribution in [3.8, 4) is 0 Å². The molecule has 0 aromatic heterocycles. The smallest absolute Gasteiger partial charge is 0.0470 e. The predicted octanol–water partition coefficient (Wildman–Crippen LogP) is 3.65. The molecule has 0 aliphatic carbocycles. The molecule has 0 nitrogen and oxygen atoms in total. The summed E-state index contributed by atoms with van der Waals surface area (Å²) in [5.41, 5.74) is 0. The highest BCUT2D eigenvalue weighted by Crippen LogP contribution is 2.13. The van der Waals surface area contributed by atoms with Gasteiger partial charge in [-0.05, 0) is 0 Å². The van der Waals surface area contributed by atoms with E-state index in [0.29, 0.717) is 0 Å². The average molecular weight is 157 g/mol. The van der Waals surface area contributed by atoms with E-state index in [0.717, 1.165) is 0 Å². The van der Waals surface area contributed by atoms with Crippen LogP contribution in [0.3, 0.4) is 0 Å². The fraction of sp³-hybridized carbons (Fsp3) is 0.889. The lowest BCUT2D eigenvalue weighted by molar-refractivity contribution is 0.697. The molecular formula is C9H21Si. The summed E-state index contributed by atoms with van der Waals surface area (Å²) in [6.07, 6.45) is 5.59. The van der Waals surface area contributed by atoms with Crippen molar-refractivity contribution in [3.63, 3.8) is 0 Å². The maximum atomic E-state index is 4.21. The van der Waals surface area contributed by atoms with E-state index < -0.39 is 8.07 Å². The summed E-state index contributed by atoms with van der Waals surface area (Å²) in [6.45, 7) is 11.2. The lowest BCUT2D eigenvalue weighted by Gasteiger charge is -2.14. The molecule has 0 aromatic carbocycles. The zero-order chi connectivity index (χ0) is 8.04. The van der Waals surface area contributed by atoms with Crippen LogP contribution in [0.2, 0.25) is 19.1 Å². The summed E-state index contributed by atoms with van der Waals surface area (Å²) in [7, 11) is -0.957. The van der Waals surface area contributed by atoms with Crippen LogP contribution in [0.25, 0.3) is 0 Å². The Kier molecular flexibility index (Phi) is 5.05. The molecule has 0 bridgehead atoms. The molecule has 0 rings (SSSR count). The van der Waals surface area contributed by atoms with Gasteiger partial charge in [0.05, 0.1) is 0 Å². The molecule has 0 spiro atoms. The van der Waals surface area contributed by atoms with Crippen LogP contribution in [0.1, 0.15) is 32.6 Å². The van der Waals surface area contributed by atoms with E-state index in [1.165, 1.54) is 31.7 Å². The summed E-state index contributed by atoms with van der Waals surface area (Å²) in [5.74, 6) is 0. The van der Waals surface area contributed by atoms with E-state index in [-0.39, 0.29) is 0 Å². The molecule has 1 heteroatoms. The Morgan fingerprint density at radius 2 is 1.70 bits per heavy atom. The first kappa shape index (κ1) is 10.2. The Balaban J connectivity index is 3.04. The number of unbranched alkanes of at least 4 members (excludes halogenated alkanes) is 3. The lowest BCUT2D eigenvalue weighted by atomic mass is 10.2. The molecule has 0 aromatic rings. The number of rotatable bonds is 5. The minimum Gasteiger partial charge on any atom is -0.0694 e. The van der Waals surface area contributed by atoms with Gasteiger partial charge in [-0.2, -0.15) is 0 Å².